The fourth-order valence-electron chi connectivity index (χ4n) is 7.58. The van der Waals surface area contributed by atoms with E-state index < -0.39 is 11.9 Å². The number of piperazine rings is 1. The molecular weight excluding hydrogens is 754 g/mol. The van der Waals surface area contributed by atoms with E-state index in [-0.39, 0.29) is 82.4 Å². The van der Waals surface area contributed by atoms with Crippen LogP contribution in [-0.2, 0) is 48.2 Å². The number of carbonyl (C=O) groups excluding carboxylic acids is 5. The molecule has 8 rings (SSSR count). The molecule has 0 saturated carbocycles. The lowest BCUT2D eigenvalue weighted by Crippen LogP contribution is -2.52. The van der Waals surface area contributed by atoms with Gasteiger partial charge in [-0.25, -0.2) is 9.67 Å². The van der Waals surface area contributed by atoms with Crippen molar-refractivity contribution in [3.05, 3.63) is 88.5 Å². The minimum absolute atomic E-state index is 0.0233. The molecule has 3 aliphatic rings. The van der Waals surface area contributed by atoms with Crippen LogP contribution >= 0.6 is 11.6 Å². The largest absolute Gasteiger partial charge is 0.379 e. The van der Waals surface area contributed by atoms with Gasteiger partial charge in [-0.15, -0.1) is 5.10 Å². The molecule has 2 saturated heterocycles. The fraction of sp³-hybridized carbons (Fsp3) is 0.350. The molecule has 2 fully saturated rings. The number of piperidine rings is 1. The molecule has 6 heterocycles. The fourth-order valence-corrected chi connectivity index (χ4v) is 7.95. The first kappa shape index (κ1) is 37.9. The van der Waals surface area contributed by atoms with E-state index in [2.05, 4.69) is 32.5 Å². The highest BCUT2D eigenvalue weighted by molar-refractivity contribution is 6.38. The van der Waals surface area contributed by atoms with Crippen LogP contribution in [-0.4, -0.2) is 110 Å². The number of anilines is 1. The standard InChI is InChI=1S/C40H40ClN9O7/c1-2-24-18-42-38-36(24)37(41)29(19-43-38)25-5-3-6-27(17-25)48-13-12-47(22-35(48)53)34(52)11-14-56-15-16-57-23-26-20-50(46-45-26)31-8-4-7-28-30(31)21-49(40(28)55)32-9-10-33(51)44-39(32)54/h3-8,17-20,32H,2,9-16,21-23H2,1H3,(H,42,43)(H,44,51,54). The number of aromatic amines is 1. The predicted octanol–water partition coefficient (Wildman–Crippen LogP) is 3.59. The van der Waals surface area contributed by atoms with Crippen molar-refractivity contribution in [2.24, 2.45) is 0 Å². The minimum atomic E-state index is -0.712. The maximum Gasteiger partial charge on any atom is 0.255 e. The van der Waals surface area contributed by atoms with Crippen molar-refractivity contribution >= 4 is 57.9 Å². The van der Waals surface area contributed by atoms with Gasteiger partial charge < -0.3 is 29.2 Å². The summed E-state index contributed by atoms with van der Waals surface area (Å²) < 4.78 is 12.9. The number of hydrogen-bond acceptors (Lipinski definition) is 10. The smallest absolute Gasteiger partial charge is 0.255 e. The molecule has 2 aromatic carbocycles. The van der Waals surface area contributed by atoms with Crippen LogP contribution in [0.25, 0.3) is 27.8 Å². The number of aryl methyl sites for hydroxylation is 1. The number of fused-ring (bicyclic) bond motifs is 2. The average molecular weight is 794 g/mol. The second-order valence-corrected chi connectivity index (χ2v) is 14.4. The second kappa shape index (κ2) is 16.3. The Kier molecular flexibility index (Phi) is 10.8. The lowest BCUT2D eigenvalue weighted by Gasteiger charge is -2.34. The molecule has 57 heavy (non-hydrogen) atoms. The van der Waals surface area contributed by atoms with Gasteiger partial charge in [-0.1, -0.05) is 41.9 Å². The molecule has 16 nitrogen and oxygen atoms in total. The lowest BCUT2D eigenvalue weighted by atomic mass is 10.0. The zero-order valence-electron chi connectivity index (χ0n) is 31.2. The highest BCUT2D eigenvalue weighted by atomic mass is 35.5. The summed E-state index contributed by atoms with van der Waals surface area (Å²) in [5.74, 6) is -1.40. The Balaban J connectivity index is 0.769. The number of hydrogen-bond donors (Lipinski definition) is 2. The van der Waals surface area contributed by atoms with Gasteiger partial charge in [0.25, 0.3) is 5.91 Å². The number of nitrogens with zero attached hydrogens (tertiary/aromatic N) is 7. The Morgan fingerprint density at radius 3 is 2.67 bits per heavy atom. The van der Waals surface area contributed by atoms with E-state index in [1.165, 1.54) is 4.90 Å². The molecular formula is C40H40ClN9O7. The van der Waals surface area contributed by atoms with E-state index in [9.17, 15) is 24.0 Å². The van der Waals surface area contributed by atoms with Crippen LogP contribution in [0, 0.1) is 0 Å². The Bertz CT molecular complexity index is 2390. The Hall–Kier alpha value is -5.97. The van der Waals surface area contributed by atoms with Gasteiger partial charge in [-0.05, 0) is 48.2 Å². The molecule has 3 aliphatic heterocycles. The van der Waals surface area contributed by atoms with Gasteiger partial charge in [-0.2, -0.15) is 0 Å². The van der Waals surface area contributed by atoms with E-state index in [0.717, 1.165) is 45.4 Å². The summed E-state index contributed by atoms with van der Waals surface area (Å²) in [4.78, 5) is 75.9. The van der Waals surface area contributed by atoms with Crippen molar-refractivity contribution in [1.82, 2.24) is 40.1 Å². The summed E-state index contributed by atoms with van der Waals surface area (Å²) in [6.07, 6.45) is 6.79. The molecule has 2 N–H and O–H groups in total. The minimum Gasteiger partial charge on any atom is -0.379 e. The quantitative estimate of drug-likeness (QED) is 0.132. The molecule has 1 unspecified atom stereocenters. The zero-order valence-corrected chi connectivity index (χ0v) is 32.0. The number of carbonyl (C=O) groups is 5. The molecule has 5 amide bonds. The number of nitrogens with one attached hydrogen (secondary N) is 2. The number of halogens is 1. The number of imide groups is 1. The molecule has 3 aromatic heterocycles. The van der Waals surface area contributed by atoms with Crippen molar-refractivity contribution in [3.8, 4) is 16.8 Å². The van der Waals surface area contributed by atoms with Gasteiger partial charge in [0, 0.05) is 66.2 Å². The van der Waals surface area contributed by atoms with Crippen LogP contribution < -0.4 is 10.2 Å². The normalized spacial score (nSPS) is 17.2. The van der Waals surface area contributed by atoms with E-state index in [4.69, 9.17) is 21.1 Å². The monoisotopic (exact) mass is 793 g/mol. The summed E-state index contributed by atoms with van der Waals surface area (Å²) in [6, 6.07) is 12.2. The van der Waals surface area contributed by atoms with Crippen molar-refractivity contribution < 1.29 is 33.4 Å². The third-order valence-electron chi connectivity index (χ3n) is 10.6. The Morgan fingerprint density at radius 1 is 1.00 bits per heavy atom. The summed E-state index contributed by atoms with van der Waals surface area (Å²) in [6.45, 7) is 3.88. The van der Waals surface area contributed by atoms with E-state index in [1.807, 2.05) is 36.5 Å². The molecule has 1 atom stereocenters. The summed E-state index contributed by atoms with van der Waals surface area (Å²) in [5, 5.41) is 12.3. The van der Waals surface area contributed by atoms with E-state index >= 15 is 0 Å². The number of amides is 5. The number of ether oxygens (including phenoxy) is 2. The molecule has 0 aliphatic carbocycles. The topological polar surface area (TPSA) is 185 Å². The number of H-pyrrole nitrogens is 1. The summed E-state index contributed by atoms with van der Waals surface area (Å²) in [5.41, 5.74) is 6.62. The first-order valence-electron chi connectivity index (χ1n) is 18.9. The molecule has 0 spiro atoms. The highest BCUT2D eigenvalue weighted by Crippen LogP contribution is 2.37. The summed E-state index contributed by atoms with van der Waals surface area (Å²) >= 11 is 6.86. The molecule has 5 aromatic rings. The average Bonchev–Trinajstić information content (AvgIpc) is 3.95. The van der Waals surface area contributed by atoms with Crippen molar-refractivity contribution in [1.29, 1.82) is 0 Å². The van der Waals surface area contributed by atoms with Crippen LogP contribution in [0.3, 0.4) is 0 Å². The SMILES string of the molecule is CCc1c[nH]c2ncc(-c3cccc(N4CCN(C(=O)CCOCCOCc5cn(-c6cccc7c6CN(C6CCC(=O)NC6=O)C7=O)nn5)CC4=O)c3)c(Cl)c12. The molecule has 0 radical (unpaired) electrons. The van der Waals surface area contributed by atoms with Crippen molar-refractivity contribution in [2.45, 2.75) is 51.8 Å². The molecule has 17 heteroatoms. The van der Waals surface area contributed by atoms with Gasteiger partial charge in [0.2, 0.25) is 23.6 Å². The third kappa shape index (κ3) is 7.62. The number of aromatic nitrogens is 5. The van der Waals surface area contributed by atoms with Crippen LogP contribution in [0.5, 0.6) is 0 Å². The maximum absolute atomic E-state index is 13.2. The first-order valence-corrected chi connectivity index (χ1v) is 19.2. The lowest BCUT2D eigenvalue weighted by molar-refractivity contribution is -0.138. The Labute approximate surface area is 332 Å². The van der Waals surface area contributed by atoms with Crippen LogP contribution in [0.2, 0.25) is 5.02 Å². The van der Waals surface area contributed by atoms with Gasteiger partial charge in [0.05, 0.1) is 49.8 Å². The van der Waals surface area contributed by atoms with Gasteiger partial charge in [-0.3, -0.25) is 29.3 Å². The van der Waals surface area contributed by atoms with Gasteiger partial charge >= 0.3 is 0 Å². The zero-order chi connectivity index (χ0) is 39.6. The first-order chi connectivity index (χ1) is 27.7. The van der Waals surface area contributed by atoms with E-state index in [1.54, 1.807) is 39.0 Å². The second-order valence-electron chi connectivity index (χ2n) is 14.1. The van der Waals surface area contributed by atoms with Crippen molar-refractivity contribution in [2.75, 3.05) is 44.4 Å². The van der Waals surface area contributed by atoms with Crippen LogP contribution in [0.15, 0.2) is 61.1 Å². The van der Waals surface area contributed by atoms with Gasteiger partial charge in [0.15, 0.2) is 0 Å². The maximum atomic E-state index is 13.2. The summed E-state index contributed by atoms with van der Waals surface area (Å²) in [7, 11) is 0. The van der Waals surface area contributed by atoms with Crippen LogP contribution in [0.1, 0.15) is 53.4 Å². The number of rotatable bonds is 13. The predicted molar refractivity (Wildman–Crippen MR) is 207 cm³/mol. The Morgan fingerprint density at radius 2 is 1.84 bits per heavy atom. The highest BCUT2D eigenvalue weighted by Gasteiger charge is 2.40. The number of benzene rings is 2. The van der Waals surface area contributed by atoms with Crippen molar-refractivity contribution in [3.63, 3.8) is 0 Å². The molecule has 0 bridgehead atoms. The number of pyridine rings is 1. The third-order valence-corrected chi connectivity index (χ3v) is 11.0. The van der Waals surface area contributed by atoms with Gasteiger partial charge in [0.1, 0.15) is 23.9 Å². The van der Waals surface area contributed by atoms with Crippen LogP contribution in [0.4, 0.5) is 5.69 Å². The van der Waals surface area contributed by atoms with E-state index in [0.29, 0.717) is 35.1 Å². The molecule has 294 valence electrons.